The van der Waals surface area contributed by atoms with Crippen molar-refractivity contribution in [1.82, 2.24) is 4.90 Å². The molecule has 26 heavy (non-hydrogen) atoms. The van der Waals surface area contributed by atoms with Gasteiger partial charge in [0.25, 0.3) is 5.91 Å². The predicted molar refractivity (Wildman–Crippen MR) is 94.0 cm³/mol. The quantitative estimate of drug-likeness (QED) is 0.820. The van der Waals surface area contributed by atoms with Crippen LogP contribution in [0.4, 0.5) is 14.5 Å². The third kappa shape index (κ3) is 3.70. The summed E-state index contributed by atoms with van der Waals surface area (Å²) in [5.41, 5.74) is 0.306. The normalized spacial score (nSPS) is 15.2. The zero-order valence-electron chi connectivity index (χ0n) is 14.2. The number of amides is 1. The van der Waals surface area contributed by atoms with E-state index in [1.807, 2.05) is 4.90 Å². The Kier molecular flexibility index (Phi) is 4.95. The van der Waals surface area contributed by atoms with Crippen LogP contribution in [0.25, 0.3) is 0 Å². The van der Waals surface area contributed by atoms with Gasteiger partial charge in [0, 0.05) is 38.1 Å². The standard InChI is InChI=1S/C18H18F2N2O3S/c1-26(24,25)14-7-5-13(6-8-14)21-9-11-22(12-10-21)18(23)17-15(19)3-2-4-16(17)20/h2-8H,9-12H2,1H3. The molecular weight excluding hydrogens is 362 g/mol. The summed E-state index contributed by atoms with van der Waals surface area (Å²) in [6.07, 6.45) is 1.15. The summed E-state index contributed by atoms with van der Waals surface area (Å²) in [6.45, 7) is 1.61. The number of carbonyl (C=O) groups is 1. The van der Waals surface area contributed by atoms with Crippen molar-refractivity contribution in [3.05, 3.63) is 59.7 Å². The zero-order valence-corrected chi connectivity index (χ0v) is 15.0. The lowest BCUT2D eigenvalue weighted by molar-refractivity contribution is 0.0737. The molecule has 0 atom stereocenters. The van der Waals surface area contributed by atoms with Gasteiger partial charge in [0.05, 0.1) is 4.90 Å². The lowest BCUT2D eigenvalue weighted by Crippen LogP contribution is -2.49. The van der Waals surface area contributed by atoms with Crippen molar-refractivity contribution in [2.75, 3.05) is 37.3 Å². The van der Waals surface area contributed by atoms with E-state index in [-0.39, 0.29) is 4.90 Å². The van der Waals surface area contributed by atoms with Crippen molar-refractivity contribution >= 4 is 21.4 Å². The number of nitrogens with zero attached hydrogens (tertiary/aromatic N) is 2. The molecule has 1 amide bonds. The molecule has 1 fully saturated rings. The number of benzene rings is 2. The van der Waals surface area contributed by atoms with Crippen LogP contribution < -0.4 is 4.90 Å². The van der Waals surface area contributed by atoms with Gasteiger partial charge in [-0.3, -0.25) is 4.79 Å². The molecule has 1 saturated heterocycles. The molecule has 1 aliphatic heterocycles. The summed E-state index contributed by atoms with van der Waals surface area (Å²) in [5.74, 6) is -2.39. The Morgan fingerprint density at radius 3 is 1.96 bits per heavy atom. The minimum atomic E-state index is -3.25. The Morgan fingerprint density at radius 1 is 0.923 bits per heavy atom. The molecule has 0 spiro atoms. The zero-order chi connectivity index (χ0) is 18.9. The van der Waals surface area contributed by atoms with E-state index in [0.717, 1.165) is 24.1 Å². The molecule has 1 heterocycles. The largest absolute Gasteiger partial charge is 0.368 e. The fourth-order valence-electron chi connectivity index (χ4n) is 2.93. The first-order chi connectivity index (χ1) is 12.3. The second-order valence-electron chi connectivity index (χ2n) is 6.14. The summed E-state index contributed by atoms with van der Waals surface area (Å²) in [7, 11) is -3.25. The number of piperazine rings is 1. The molecule has 0 aromatic heterocycles. The van der Waals surface area contributed by atoms with Crippen molar-refractivity contribution in [2.45, 2.75) is 4.90 Å². The van der Waals surface area contributed by atoms with Gasteiger partial charge in [0.15, 0.2) is 9.84 Å². The summed E-state index contributed by atoms with van der Waals surface area (Å²) in [4.78, 5) is 16.1. The third-order valence-corrected chi connectivity index (χ3v) is 5.50. The topological polar surface area (TPSA) is 57.7 Å². The van der Waals surface area contributed by atoms with Crippen LogP contribution in [0.15, 0.2) is 47.4 Å². The number of rotatable bonds is 3. The number of halogens is 2. The van der Waals surface area contributed by atoms with E-state index >= 15 is 0 Å². The SMILES string of the molecule is CS(=O)(=O)c1ccc(N2CCN(C(=O)c3c(F)cccc3F)CC2)cc1. The van der Waals surface area contributed by atoms with Crippen molar-refractivity contribution in [3.63, 3.8) is 0 Å². The van der Waals surface area contributed by atoms with Crippen molar-refractivity contribution < 1.29 is 22.0 Å². The van der Waals surface area contributed by atoms with E-state index in [2.05, 4.69) is 0 Å². The highest BCUT2D eigenvalue weighted by atomic mass is 32.2. The molecule has 5 nitrogen and oxygen atoms in total. The van der Waals surface area contributed by atoms with Crippen molar-refractivity contribution in [1.29, 1.82) is 0 Å². The first kappa shape index (κ1) is 18.3. The number of hydrogen-bond acceptors (Lipinski definition) is 4. The van der Waals surface area contributed by atoms with Crippen LogP contribution in [-0.4, -0.2) is 51.7 Å². The number of anilines is 1. The fourth-order valence-corrected chi connectivity index (χ4v) is 3.56. The van der Waals surface area contributed by atoms with Gasteiger partial charge in [0.1, 0.15) is 17.2 Å². The third-order valence-electron chi connectivity index (χ3n) is 4.37. The van der Waals surface area contributed by atoms with E-state index in [9.17, 15) is 22.0 Å². The maximum atomic E-state index is 13.8. The molecule has 0 bridgehead atoms. The highest BCUT2D eigenvalue weighted by molar-refractivity contribution is 7.90. The van der Waals surface area contributed by atoms with Gasteiger partial charge in [-0.05, 0) is 36.4 Å². The fraction of sp³-hybridized carbons (Fsp3) is 0.278. The molecule has 0 aliphatic carbocycles. The van der Waals surface area contributed by atoms with E-state index in [4.69, 9.17) is 0 Å². The van der Waals surface area contributed by atoms with Gasteiger partial charge in [-0.1, -0.05) is 6.07 Å². The van der Waals surface area contributed by atoms with E-state index in [0.29, 0.717) is 26.2 Å². The van der Waals surface area contributed by atoms with Crippen LogP contribution in [0, 0.1) is 11.6 Å². The Hall–Kier alpha value is -2.48. The molecule has 8 heteroatoms. The lowest BCUT2D eigenvalue weighted by atomic mass is 10.1. The Morgan fingerprint density at radius 2 is 1.46 bits per heavy atom. The number of hydrogen-bond donors (Lipinski definition) is 0. The van der Waals surface area contributed by atoms with Crippen LogP contribution in [0.5, 0.6) is 0 Å². The van der Waals surface area contributed by atoms with E-state index in [1.165, 1.54) is 23.1 Å². The van der Waals surface area contributed by atoms with Crippen molar-refractivity contribution in [2.24, 2.45) is 0 Å². The Balaban J connectivity index is 1.68. The molecule has 1 aliphatic rings. The Bertz CT molecular complexity index is 902. The van der Waals surface area contributed by atoms with Gasteiger partial charge >= 0.3 is 0 Å². The first-order valence-electron chi connectivity index (χ1n) is 8.06. The minimum absolute atomic E-state index is 0.241. The average Bonchev–Trinajstić information content (AvgIpc) is 2.61. The molecule has 0 unspecified atom stereocenters. The van der Waals surface area contributed by atoms with Crippen LogP contribution in [0.1, 0.15) is 10.4 Å². The maximum absolute atomic E-state index is 13.8. The maximum Gasteiger partial charge on any atom is 0.259 e. The molecule has 2 aromatic rings. The molecular formula is C18H18F2N2O3S. The van der Waals surface area contributed by atoms with Gasteiger partial charge in [-0.25, -0.2) is 17.2 Å². The summed E-state index contributed by atoms with van der Waals surface area (Å²) >= 11 is 0. The number of sulfone groups is 1. The summed E-state index contributed by atoms with van der Waals surface area (Å²) in [5, 5.41) is 0. The highest BCUT2D eigenvalue weighted by Crippen LogP contribution is 2.21. The van der Waals surface area contributed by atoms with Gasteiger partial charge < -0.3 is 9.80 Å². The summed E-state index contributed by atoms with van der Waals surface area (Å²) in [6, 6.07) is 9.86. The highest BCUT2D eigenvalue weighted by Gasteiger charge is 2.26. The minimum Gasteiger partial charge on any atom is -0.368 e. The second kappa shape index (κ2) is 7.03. The predicted octanol–water partition coefficient (Wildman–Crippen LogP) is 2.33. The monoisotopic (exact) mass is 380 g/mol. The summed E-state index contributed by atoms with van der Waals surface area (Å²) < 4.78 is 50.6. The van der Waals surface area contributed by atoms with Gasteiger partial charge in [-0.15, -0.1) is 0 Å². The molecule has 2 aromatic carbocycles. The van der Waals surface area contributed by atoms with E-state index in [1.54, 1.807) is 12.1 Å². The molecule has 3 rings (SSSR count). The Labute approximate surface area is 150 Å². The first-order valence-corrected chi connectivity index (χ1v) is 9.95. The molecule has 0 radical (unpaired) electrons. The van der Waals surface area contributed by atoms with Crippen LogP contribution in [-0.2, 0) is 9.84 Å². The molecule has 138 valence electrons. The van der Waals surface area contributed by atoms with Crippen LogP contribution in [0.2, 0.25) is 0 Å². The molecule has 0 saturated carbocycles. The smallest absolute Gasteiger partial charge is 0.259 e. The van der Waals surface area contributed by atoms with Gasteiger partial charge in [-0.2, -0.15) is 0 Å². The van der Waals surface area contributed by atoms with E-state index < -0.39 is 32.9 Å². The second-order valence-corrected chi connectivity index (χ2v) is 8.16. The average molecular weight is 380 g/mol. The van der Waals surface area contributed by atoms with Gasteiger partial charge in [0.2, 0.25) is 0 Å². The van der Waals surface area contributed by atoms with Crippen LogP contribution in [0.3, 0.4) is 0 Å². The molecule has 0 N–H and O–H groups in total. The lowest BCUT2D eigenvalue weighted by Gasteiger charge is -2.36. The van der Waals surface area contributed by atoms with Crippen molar-refractivity contribution in [3.8, 4) is 0 Å². The number of carbonyl (C=O) groups excluding carboxylic acids is 1. The van der Waals surface area contributed by atoms with Crippen LogP contribution >= 0.6 is 0 Å².